The molecule has 116 valence electrons. The number of hydrogen-bond acceptors (Lipinski definition) is 4. The molecule has 0 amide bonds. The van der Waals surface area contributed by atoms with E-state index in [9.17, 15) is 0 Å². The SMILES string of the molecule is CCNc1cc2c(cc1C)Nc1cc(C)c(NCC)cc1O2. The van der Waals surface area contributed by atoms with Crippen LogP contribution in [-0.4, -0.2) is 13.1 Å². The normalized spacial score (nSPS) is 11.8. The Kier molecular flexibility index (Phi) is 3.84. The summed E-state index contributed by atoms with van der Waals surface area (Å²) in [7, 11) is 0. The number of nitrogens with one attached hydrogen (secondary N) is 3. The van der Waals surface area contributed by atoms with Gasteiger partial charge in [0.15, 0.2) is 11.5 Å². The van der Waals surface area contributed by atoms with E-state index in [1.54, 1.807) is 0 Å². The fourth-order valence-corrected chi connectivity index (χ4v) is 2.77. The van der Waals surface area contributed by atoms with Crippen molar-refractivity contribution in [3.8, 4) is 11.5 Å². The maximum absolute atomic E-state index is 6.12. The van der Waals surface area contributed by atoms with Crippen molar-refractivity contribution in [3.05, 3.63) is 35.4 Å². The summed E-state index contributed by atoms with van der Waals surface area (Å²) in [5.41, 5.74) is 6.68. The molecule has 0 unspecified atom stereocenters. The molecule has 4 heteroatoms. The molecule has 0 aromatic heterocycles. The van der Waals surface area contributed by atoms with Gasteiger partial charge in [-0.3, -0.25) is 0 Å². The van der Waals surface area contributed by atoms with Crippen molar-refractivity contribution < 1.29 is 4.74 Å². The minimum absolute atomic E-state index is 0.861. The van der Waals surface area contributed by atoms with Crippen LogP contribution in [-0.2, 0) is 0 Å². The lowest BCUT2D eigenvalue weighted by atomic mass is 10.1. The van der Waals surface area contributed by atoms with E-state index in [2.05, 4.69) is 67.9 Å². The zero-order chi connectivity index (χ0) is 15.7. The number of hydrogen-bond donors (Lipinski definition) is 3. The second kappa shape index (κ2) is 5.79. The van der Waals surface area contributed by atoms with Crippen molar-refractivity contribution in [1.29, 1.82) is 0 Å². The number of ether oxygens (including phenoxy) is 1. The average molecular weight is 297 g/mol. The molecule has 0 bridgehead atoms. The average Bonchev–Trinajstić information content (AvgIpc) is 2.48. The fourth-order valence-electron chi connectivity index (χ4n) is 2.77. The molecule has 0 saturated heterocycles. The molecule has 1 aliphatic heterocycles. The van der Waals surface area contributed by atoms with E-state index in [1.165, 1.54) is 11.1 Å². The van der Waals surface area contributed by atoms with Gasteiger partial charge in [0.2, 0.25) is 0 Å². The van der Waals surface area contributed by atoms with Gasteiger partial charge < -0.3 is 20.7 Å². The minimum Gasteiger partial charge on any atom is -0.453 e. The highest BCUT2D eigenvalue weighted by molar-refractivity contribution is 5.81. The molecule has 0 atom stereocenters. The molecule has 0 fully saturated rings. The van der Waals surface area contributed by atoms with Gasteiger partial charge >= 0.3 is 0 Å². The van der Waals surface area contributed by atoms with Crippen molar-refractivity contribution in [2.45, 2.75) is 27.7 Å². The summed E-state index contributed by atoms with van der Waals surface area (Å²) in [6, 6.07) is 8.39. The Morgan fingerprint density at radius 2 is 1.27 bits per heavy atom. The van der Waals surface area contributed by atoms with Gasteiger partial charge in [0.25, 0.3) is 0 Å². The molecule has 3 rings (SSSR count). The van der Waals surface area contributed by atoms with E-state index >= 15 is 0 Å². The summed E-state index contributed by atoms with van der Waals surface area (Å²) < 4.78 is 6.12. The fraction of sp³-hybridized carbons (Fsp3) is 0.333. The molecule has 22 heavy (non-hydrogen) atoms. The van der Waals surface area contributed by atoms with Crippen LogP contribution in [0.15, 0.2) is 24.3 Å². The van der Waals surface area contributed by atoms with Crippen molar-refractivity contribution >= 4 is 22.7 Å². The highest BCUT2D eigenvalue weighted by atomic mass is 16.5. The van der Waals surface area contributed by atoms with E-state index in [0.29, 0.717) is 0 Å². The molecule has 1 aliphatic rings. The van der Waals surface area contributed by atoms with E-state index < -0.39 is 0 Å². The molecule has 2 aromatic rings. The standard InChI is InChI=1S/C18H23N3O/c1-5-19-13-9-17-15(7-11(13)3)21-16-8-12(4)14(20-6-2)10-18(16)22-17/h7-10,19-21H,5-6H2,1-4H3. The Hall–Kier alpha value is -2.36. The number of benzene rings is 2. The smallest absolute Gasteiger partial charge is 0.153 e. The predicted octanol–water partition coefficient (Wildman–Crippen LogP) is 5.02. The molecule has 2 aromatic carbocycles. The van der Waals surface area contributed by atoms with Crippen LogP contribution in [0.3, 0.4) is 0 Å². The highest BCUT2D eigenvalue weighted by Gasteiger charge is 2.19. The largest absolute Gasteiger partial charge is 0.453 e. The Morgan fingerprint density at radius 1 is 0.818 bits per heavy atom. The zero-order valence-corrected chi connectivity index (χ0v) is 13.6. The Labute approximate surface area is 131 Å². The number of anilines is 4. The van der Waals surface area contributed by atoms with Gasteiger partial charge in [-0.25, -0.2) is 0 Å². The Morgan fingerprint density at radius 3 is 1.68 bits per heavy atom. The molecular weight excluding hydrogens is 274 g/mol. The van der Waals surface area contributed by atoms with Crippen LogP contribution >= 0.6 is 0 Å². The van der Waals surface area contributed by atoms with Gasteiger partial charge in [-0.15, -0.1) is 0 Å². The molecule has 3 N–H and O–H groups in total. The van der Waals surface area contributed by atoms with Crippen LogP contribution in [0.25, 0.3) is 0 Å². The Balaban J connectivity index is 1.99. The first kappa shape index (κ1) is 14.6. The van der Waals surface area contributed by atoms with E-state index in [0.717, 1.165) is 47.3 Å². The second-order valence-corrected chi connectivity index (χ2v) is 5.61. The van der Waals surface area contributed by atoms with Gasteiger partial charge in [-0.05, 0) is 51.0 Å². The quantitative estimate of drug-likeness (QED) is 0.633. The van der Waals surface area contributed by atoms with Crippen molar-refractivity contribution in [3.63, 3.8) is 0 Å². The van der Waals surface area contributed by atoms with Crippen LogP contribution in [0, 0.1) is 13.8 Å². The van der Waals surface area contributed by atoms with Gasteiger partial charge in [0.1, 0.15) is 0 Å². The van der Waals surface area contributed by atoms with E-state index in [4.69, 9.17) is 4.74 Å². The van der Waals surface area contributed by atoms with Crippen LogP contribution in [0.1, 0.15) is 25.0 Å². The topological polar surface area (TPSA) is 45.3 Å². The molecule has 0 radical (unpaired) electrons. The van der Waals surface area contributed by atoms with Crippen molar-refractivity contribution in [2.24, 2.45) is 0 Å². The Bertz CT molecular complexity index is 650. The lowest BCUT2D eigenvalue weighted by molar-refractivity contribution is 0.481. The molecule has 1 heterocycles. The van der Waals surface area contributed by atoms with Gasteiger partial charge in [0, 0.05) is 36.6 Å². The zero-order valence-electron chi connectivity index (χ0n) is 13.6. The lowest BCUT2D eigenvalue weighted by Crippen LogP contribution is -2.07. The molecule has 4 nitrogen and oxygen atoms in total. The maximum atomic E-state index is 6.12. The summed E-state index contributed by atoms with van der Waals surface area (Å²) in [5.74, 6) is 1.72. The van der Waals surface area contributed by atoms with Crippen LogP contribution in [0.5, 0.6) is 11.5 Å². The minimum atomic E-state index is 0.861. The molecule has 0 aliphatic carbocycles. The predicted molar refractivity (Wildman–Crippen MR) is 94.0 cm³/mol. The van der Waals surface area contributed by atoms with Crippen molar-refractivity contribution in [2.75, 3.05) is 29.0 Å². The summed E-state index contributed by atoms with van der Waals surface area (Å²) in [4.78, 5) is 0. The third-order valence-corrected chi connectivity index (χ3v) is 3.88. The second-order valence-electron chi connectivity index (χ2n) is 5.61. The molecule has 0 spiro atoms. The summed E-state index contributed by atoms with van der Waals surface area (Å²) >= 11 is 0. The van der Waals surface area contributed by atoms with Crippen LogP contribution in [0.4, 0.5) is 22.7 Å². The number of aryl methyl sites for hydroxylation is 2. The van der Waals surface area contributed by atoms with Gasteiger partial charge in [0.05, 0.1) is 11.4 Å². The molecular formula is C18H23N3O. The number of rotatable bonds is 4. The molecule has 0 saturated carbocycles. The van der Waals surface area contributed by atoms with Gasteiger partial charge in [-0.2, -0.15) is 0 Å². The summed E-state index contributed by atoms with van der Waals surface area (Å²) in [5, 5.41) is 10.2. The van der Waals surface area contributed by atoms with Crippen LogP contribution in [0.2, 0.25) is 0 Å². The first-order valence-corrected chi connectivity index (χ1v) is 7.84. The summed E-state index contributed by atoms with van der Waals surface area (Å²) in [6.45, 7) is 10.2. The first-order valence-electron chi connectivity index (χ1n) is 7.84. The highest BCUT2D eigenvalue weighted by Crippen LogP contribution is 2.45. The van der Waals surface area contributed by atoms with Crippen LogP contribution < -0.4 is 20.7 Å². The third-order valence-electron chi connectivity index (χ3n) is 3.88. The van der Waals surface area contributed by atoms with E-state index in [-0.39, 0.29) is 0 Å². The third kappa shape index (κ3) is 2.56. The first-order chi connectivity index (χ1) is 10.6. The lowest BCUT2D eigenvalue weighted by Gasteiger charge is -2.25. The summed E-state index contributed by atoms with van der Waals surface area (Å²) in [6.07, 6.45) is 0. The number of fused-ring (bicyclic) bond motifs is 2. The van der Waals surface area contributed by atoms with Crippen molar-refractivity contribution in [1.82, 2.24) is 0 Å². The van der Waals surface area contributed by atoms with E-state index in [1.807, 2.05) is 0 Å². The van der Waals surface area contributed by atoms with Gasteiger partial charge in [-0.1, -0.05) is 0 Å². The monoisotopic (exact) mass is 297 g/mol. The maximum Gasteiger partial charge on any atom is 0.153 e.